The minimum atomic E-state index is 0.0344. The number of ether oxygens (including phenoxy) is 1. The van der Waals surface area contributed by atoms with E-state index in [0.717, 1.165) is 43.2 Å². The fourth-order valence-corrected chi connectivity index (χ4v) is 3.62. The monoisotopic (exact) mass is 408 g/mol. The number of hydrogen-bond donors (Lipinski definition) is 1. The third-order valence-electron chi connectivity index (χ3n) is 5.42. The van der Waals surface area contributed by atoms with Gasteiger partial charge in [-0.1, -0.05) is 42.5 Å². The molecule has 1 aliphatic heterocycles. The highest BCUT2D eigenvalue weighted by Gasteiger charge is 2.25. The van der Waals surface area contributed by atoms with Crippen molar-refractivity contribution in [3.05, 3.63) is 65.7 Å². The van der Waals surface area contributed by atoms with Gasteiger partial charge in [0.25, 0.3) is 0 Å². The van der Waals surface area contributed by atoms with Crippen LogP contribution in [0.2, 0.25) is 0 Å². The van der Waals surface area contributed by atoms with Crippen molar-refractivity contribution in [2.75, 3.05) is 40.8 Å². The Kier molecular flexibility index (Phi) is 7.71. The number of aliphatic imine (C=N–C) groups is 1. The van der Waals surface area contributed by atoms with E-state index in [9.17, 15) is 4.79 Å². The number of amides is 1. The number of carbonyl (C=O) groups is 1. The molecule has 0 aliphatic carbocycles. The molecule has 1 unspecified atom stereocenters. The maximum absolute atomic E-state index is 12.1. The van der Waals surface area contributed by atoms with Crippen LogP contribution < -0.4 is 10.1 Å². The van der Waals surface area contributed by atoms with Crippen LogP contribution >= 0.6 is 0 Å². The molecule has 160 valence electrons. The normalized spacial score (nSPS) is 16.4. The number of nitrogens with one attached hydrogen (secondary N) is 1. The van der Waals surface area contributed by atoms with Crippen LogP contribution in [0.4, 0.5) is 0 Å². The van der Waals surface area contributed by atoms with Crippen molar-refractivity contribution in [3.63, 3.8) is 0 Å². The highest BCUT2D eigenvalue weighted by atomic mass is 16.5. The number of rotatable bonds is 7. The van der Waals surface area contributed by atoms with E-state index in [2.05, 4.69) is 40.5 Å². The molecule has 1 saturated heterocycles. The lowest BCUT2D eigenvalue weighted by atomic mass is 9.99. The van der Waals surface area contributed by atoms with E-state index in [1.807, 2.05) is 24.3 Å². The zero-order valence-corrected chi connectivity index (χ0v) is 18.2. The fraction of sp³-hybridized carbons (Fsp3) is 0.417. The van der Waals surface area contributed by atoms with Gasteiger partial charge in [-0.3, -0.25) is 4.79 Å². The van der Waals surface area contributed by atoms with E-state index in [4.69, 9.17) is 9.73 Å². The number of methoxy groups -OCH3 is 1. The van der Waals surface area contributed by atoms with Crippen molar-refractivity contribution in [1.29, 1.82) is 0 Å². The van der Waals surface area contributed by atoms with Gasteiger partial charge in [0.05, 0.1) is 20.2 Å². The molecule has 1 fully saturated rings. The van der Waals surface area contributed by atoms with Crippen molar-refractivity contribution in [2.45, 2.75) is 19.4 Å². The van der Waals surface area contributed by atoms with Crippen molar-refractivity contribution >= 4 is 11.9 Å². The van der Waals surface area contributed by atoms with Crippen LogP contribution in [0.5, 0.6) is 5.75 Å². The summed E-state index contributed by atoms with van der Waals surface area (Å²) in [7, 11) is 5.20. The number of guanidine groups is 1. The van der Waals surface area contributed by atoms with E-state index >= 15 is 0 Å². The number of carbonyl (C=O) groups excluding carboxylic acids is 1. The number of hydrogen-bond acceptors (Lipinski definition) is 3. The standard InChI is InChI=1S/C24H32N4O2/c1-27(2)23(29)17-26-24(25-16-20-9-11-22(30-3)12-10-20)28-14-13-21(18-28)15-19-7-5-4-6-8-19/h4-12,21H,13-18H2,1-3H3,(H,25,26). The average molecular weight is 409 g/mol. The first kappa shape index (κ1) is 21.7. The summed E-state index contributed by atoms with van der Waals surface area (Å²) in [5.41, 5.74) is 2.48. The predicted molar refractivity (Wildman–Crippen MR) is 121 cm³/mol. The van der Waals surface area contributed by atoms with E-state index in [1.165, 1.54) is 5.56 Å². The summed E-state index contributed by atoms with van der Waals surface area (Å²) in [6, 6.07) is 18.6. The lowest BCUT2D eigenvalue weighted by Gasteiger charge is -2.23. The number of likely N-dealkylation sites (tertiary alicyclic amines) is 1. The molecule has 0 spiro atoms. The van der Waals surface area contributed by atoms with Crippen LogP contribution in [0.3, 0.4) is 0 Å². The summed E-state index contributed by atoms with van der Waals surface area (Å²) < 4.78 is 5.23. The Hall–Kier alpha value is -3.02. The second kappa shape index (κ2) is 10.7. The largest absolute Gasteiger partial charge is 0.497 e. The van der Waals surface area contributed by atoms with E-state index in [1.54, 1.807) is 26.1 Å². The minimum absolute atomic E-state index is 0.0344. The van der Waals surface area contributed by atoms with Crippen LogP contribution in [0.1, 0.15) is 17.5 Å². The van der Waals surface area contributed by atoms with Gasteiger partial charge in [0.1, 0.15) is 5.75 Å². The number of likely N-dealkylation sites (N-methyl/N-ethyl adjacent to an activating group) is 1. The van der Waals surface area contributed by atoms with Gasteiger partial charge in [-0.25, -0.2) is 4.99 Å². The molecule has 1 aliphatic rings. The molecule has 1 amide bonds. The summed E-state index contributed by atoms with van der Waals surface area (Å²) in [4.78, 5) is 20.8. The van der Waals surface area contributed by atoms with Crippen molar-refractivity contribution < 1.29 is 9.53 Å². The maximum Gasteiger partial charge on any atom is 0.241 e. The third-order valence-corrected chi connectivity index (χ3v) is 5.42. The molecular formula is C24H32N4O2. The molecule has 0 bridgehead atoms. The molecule has 0 radical (unpaired) electrons. The van der Waals surface area contributed by atoms with E-state index < -0.39 is 0 Å². The minimum Gasteiger partial charge on any atom is -0.497 e. The Labute approximate surface area is 179 Å². The summed E-state index contributed by atoms with van der Waals surface area (Å²) in [5.74, 6) is 2.26. The van der Waals surface area contributed by atoms with E-state index in [-0.39, 0.29) is 12.5 Å². The first-order valence-electron chi connectivity index (χ1n) is 10.5. The Morgan fingerprint density at radius 1 is 1.13 bits per heavy atom. The molecule has 6 heteroatoms. The molecule has 0 aromatic heterocycles. The predicted octanol–water partition coefficient (Wildman–Crippen LogP) is 2.79. The van der Waals surface area contributed by atoms with Crippen LogP contribution in [0, 0.1) is 5.92 Å². The molecule has 2 aromatic rings. The Bertz CT molecular complexity index is 834. The summed E-state index contributed by atoms with van der Waals surface area (Å²) in [6.45, 7) is 2.69. The van der Waals surface area contributed by atoms with Crippen LogP contribution in [-0.2, 0) is 17.8 Å². The average Bonchev–Trinajstić information content (AvgIpc) is 3.22. The van der Waals surface area contributed by atoms with Gasteiger partial charge in [0.2, 0.25) is 5.91 Å². The van der Waals surface area contributed by atoms with Gasteiger partial charge in [-0.2, -0.15) is 0 Å². The van der Waals surface area contributed by atoms with Crippen molar-refractivity contribution in [3.8, 4) is 5.75 Å². The van der Waals surface area contributed by atoms with Crippen molar-refractivity contribution in [1.82, 2.24) is 15.1 Å². The molecule has 0 saturated carbocycles. The Morgan fingerprint density at radius 3 is 2.53 bits per heavy atom. The quantitative estimate of drug-likeness (QED) is 0.565. The third kappa shape index (κ3) is 6.24. The first-order valence-corrected chi connectivity index (χ1v) is 10.5. The lowest BCUT2D eigenvalue weighted by molar-refractivity contribution is -0.127. The Balaban J connectivity index is 1.66. The number of benzene rings is 2. The number of nitrogens with zero attached hydrogens (tertiary/aromatic N) is 3. The van der Waals surface area contributed by atoms with Crippen LogP contribution in [-0.4, -0.2) is 62.5 Å². The zero-order valence-electron chi connectivity index (χ0n) is 18.2. The smallest absolute Gasteiger partial charge is 0.241 e. The second-order valence-corrected chi connectivity index (χ2v) is 7.92. The van der Waals surface area contributed by atoms with Gasteiger partial charge in [0.15, 0.2) is 5.96 Å². The second-order valence-electron chi connectivity index (χ2n) is 7.92. The summed E-state index contributed by atoms with van der Waals surface area (Å²) in [6.07, 6.45) is 2.19. The molecular weight excluding hydrogens is 376 g/mol. The van der Waals surface area contributed by atoms with Gasteiger partial charge >= 0.3 is 0 Å². The highest BCUT2D eigenvalue weighted by Crippen LogP contribution is 2.21. The van der Waals surface area contributed by atoms with Gasteiger partial charge in [-0.15, -0.1) is 0 Å². The van der Waals surface area contributed by atoms with E-state index in [0.29, 0.717) is 12.5 Å². The molecule has 1 heterocycles. The zero-order chi connectivity index (χ0) is 21.3. The lowest BCUT2D eigenvalue weighted by Crippen LogP contribution is -2.44. The molecule has 30 heavy (non-hydrogen) atoms. The topological polar surface area (TPSA) is 57.2 Å². The van der Waals surface area contributed by atoms with Crippen molar-refractivity contribution in [2.24, 2.45) is 10.9 Å². The molecule has 6 nitrogen and oxygen atoms in total. The highest BCUT2D eigenvalue weighted by molar-refractivity contribution is 5.86. The van der Waals surface area contributed by atoms with Gasteiger partial charge < -0.3 is 19.9 Å². The molecule has 1 N–H and O–H groups in total. The summed E-state index contributed by atoms with van der Waals surface area (Å²) in [5, 5.41) is 3.28. The summed E-state index contributed by atoms with van der Waals surface area (Å²) >= 11 is 0. The Morgan fingerprint density at radius 2 is 1.87 bits per heavy atom. The maximum atomic E-state index is 12.1. The van der Waals surface area contributed by atoms with Crippen LogP contribution in [0.15, 0.2) is 59.6 Å². The SMILES string of the molecule is COc1ccc(CN=C(NCC(=O)N(C)C)N2CCC(Cc3ccccc3)C2)cc1. The van der Waals surface area contributed by atoms with Crippen LogP contribution in [0.25, 0.3) is 0 Å². The molecule has 2 aromatic carbocycles. The molecule has 1 atom stereocenters. The first-order chi connectivity index (χ1) is 14.5. The van der Waals surface area contributed by atoms with Gasteiger partial charge in [0, 0.05) is 27.2 Å². The molecule has 3 rings (SSSR count). The fourth-order valence-electron chi connectivity index (χ4n) is 3.62. The van der Waals surface area contributed by atoms with Gasteiger partial charge in [-0.05, 0) is 42.0 Å².